The number of aromatic nitrogens is 1. The number of thiazole rings is 1. The third-order valence-corrected chi connectivity index (χ3v) is 8.39. The molecule has 2 unspecified atom stereocenters. The number of nitrogens with two attached hydrogens (primary N) is 1. The van der Waals surface area contributed by atoms with Gasteiger partial charge in [-0.25, -0.2) is 9.78 Å². The van der Waals surface area contributed by atoms with Crippen LogP contribution in [0.3, 0.4) is 0 Å². The molecule has 0 radical (unpaired) electrons. The number of halogens is 1. The Balaban J connectivity index is 1.69. The minimum Gasteiger partial charge on any atom is -0.445 e. The molecule has 2 aliphatic heterocycles. The number of hydrogen-bond donors (Lipinski definition) is 4. The molecule has 2 aliphatic rings. The van der Waals surface area contributed by atoms with Crippen LogP contribution in [-0.4, -0.2) is 100 Å². The second kappa shape index (κ2) is 14.1. The molecule has 18 heteroatoms. The van der Waals surface area contributed by atoms with Crippen molar-refractivity contribution >= 4 is 75.4 Å². The fourth-order valence-electron chi connectivity index (χ4n) is 3.80. The van der Waals surface area contributed by atoms with Gasteiger partial charge in [-0.05, 0) is 26.8 Å². The van der Waals surface area contributed by atoms with Gasteiger partial charge in [0, 0.05) is 30.1 Å². The van der Waals surface area contributed by atoms with Crippen LogP contribution in [0.2, 0.25) is 0 Å². The zero-order valence-electron chi connectivity index (χ0n) is 23.0. The Labute approximate surface area is 254 Å². The number of thioether (sulfide) groups is 1. The van der Waals surface area contributed by atoms with Gasteiger partial charge in [-0.1, -0.05) is 11.2 Å². The van der Waals surface area contributed by atoms with E-state index in [9.17, 15) is 29.2 Å². The second-order valence-corrected chi connectivity index (χ2v) is 12.5. The molecule has 42 heavy (non-hydrogen) atoms. The maximum absolute atomic E-state index is 13.3. The van der Waals surface area contributed by atoms with Crippen LogP contribution in [0.4, 0.5) is 9.93 Å². The number of anilines is 1. The Hall–Kier alpha value is -3.57. The number of hydrogen-bond acceptors (Lipinski definition) is 14. The predicted molar refractivity (Wildman–Crippen MR) is 153 cm³/mol. The molecule has 3 heterocycles. The van der Waals surface area contributed by atoms with E-state index in [1.165, 1.54) is 34.2 Å². The summed E-state index contributed by atoms with van der Waals surface area (Å²) in [6.07, 6.45) is 2.21. The monoisotopic (exact) mass is 646 g/mol. The summed E-state index contributed by atoms with van der Waals surface area (Å²) >= 11 is 7.78. The second-order valence-electron chi connectivity index (χ2n) is 10.1. The maximum atomic E-state index is 13.3. The molecule has 0 saturated carbocycles. The van der Waals surface area contributed by atoms with E-state index in [-0.39, 0.29) is 42.2 Å². The maximum Gasteiger partial charge on any atom is 0.407 e. The van der Waals surface area contributed by atoms with Crippen molar-refractivity contribution in [1.29, 1.82) is 0 Å². The average Bonchev–Trinajstić information content (AvgIpc) is 3.37. The van der Waals surface area contributed by atoms with E-state index >= 15 is 0 Å². The number of oxime groups is 1. The van der Waals surface area contributed by atoms with E-state index in [2.05, 4.69) is 20.8 Å². The number of nitrogens with zero attached hydrogens (tertiary/aromatic N) is 3. The van der Waals surface area contributed by atoms with Crippen molar-refractivity contribution in [3.8, 4) is 0 Å². The summed E-state index contributed by atoms with van der Waals surface area (Å²) in [7, 11) is 0. The van der Waals surface area contributed by atoms with E-state index in [0.29, 0.717) is 0 Å². The molecule has 2 saturated heterocycles. The standard InChI is InChI=1S/C24H31ClN6O9S2/c1-23(2,3)19(34)39-12-40-20(35)24(5-4-8-38-22(36)27-7-6-25)10-31-17(33)15(18(31)42-11-24)29-16(32)14(30-37)13-9-41-21(26)28-13/h4-5,9,15,18,37H,6-8,10-12H2,1-3H3,(H2,26,28)(H,27,36)(H,29,32)/t15?,18-,24?/m1/s1. The highest BCUT2D eigenvalue weighted by atomic mass is 35.5. The topological polar surface area (TPSA) is 212 Å². The number of alkyl halides is 1. The van der Waals surface area contributed by atoms with Crippen LogP contribution in [0, 0.1) is 10.8 Å². The van der Waals surface area contributed by atoms with Crippen molar-refractivity contribution in [2.24, 2.45) is 16.0 Å². The van der Waals surface area contributed by atoms with Gasteiger partial charge in [0.05, 0.1) is 5.41 Å². The van der Waals surface area contributed by atoms with Gasteiger partial charge in [-0.15, -0.1) is 34.7 Å². The number of alkyl carbamates (subject to hydrolysis) is 1. The number of nitrogen functional groups attached to an aromatic ring is 1. The van der Waals surface area contributed by atoms with Gasteiger partial charge in [-0.2, -0.15) is 0 Å². The quantitative estimate of drug-likeness (QED) is 0.0386. The molecule has 0 bridgehead atoms. The number of esters is 2. The molecule has 3 rings (SSSR count). The van der Waals surface area contributed by atoms with Crippen molar-refractivity contribution in [2.75, 3.05) is 43.9 Å². The van der Waals surface area contributed by atoms with Crippen LogP contribution in [0.5, 0.6) is 0 Å². The summed E-state index contributed by atoms with van der Waals surface area (Å²) in [6.45, 7) is 4.21. The first-order valence-corrected chi connectivity index (χ1v) is 14.9. The van der Waals surface area contributed by atoms with E-state index in [1.807, 2.05) is 0 Å². The molecule has 2 fully saturated rings. The molecule has 0 aliphatic carbocycles. The third kappa shape index (κ3) is 7.83. The highest BCUT2D eigenvalue weighted by Gasteiger charge is 2.57. The lowest BCUT2D eigenvalue weighted by molar-refractivity contribution is -0.178. The van der Waals surface area contributed by atoms with E-state index < -0.39 is 64.6 Å². The van der Waals surface area contributed by atoms with Gasteiger partial charge in [0.1, 0.15) is 29.1 Å². The first-order chi connectivity index (χ1) is 19.8. The first-order valence-electron chi connectivity index (χ1n) is 12.5. The number of nitrogens with one attached hydrogen (secondary N) is 2. The summed E-state index contributed by atoms with van der Waals surface area (Å²) in [5, 5.41) is 18.4. The first kappa shape index (κ1) is 32.9. The van der Waals surface area contributed by atoms with Crippen LogP contribution >= 0.6 is 34.7 Å². The Kier molecular flexibility index (Phi) is 11.0. The van der Waals surface area contributed by atoms with Gasteiger partial charge < -0.3 is 40.7 Å². The molecule has 230 valence electrons. The molecule has 3 amide bonds. The molecule has 0 spiro atoms. The summed E-state index contributed by atoms with van der Waals surface area (Å²) < 4.78 is 15.3. The predicted octanol–water partition coefficient (Wildman–Crippen LogP) is 0.901. The van der Waals surface area contributed by atoms with Crippen LogP contribution in [0.25, 0.3) is 0 Å². The van der Waals surface area contributed by atoms with E-state index in [1.54, 1.807) is 20.8 Å². The molecule has 0 aromatic carbocycles. The van der Waals surface area contributed by atoms with E-state index in [0.717, 1.165) is 11.3 Å². The third-order valence-electron chi connectivity index (χ3n) is 5.98. The van der Waals surface area contributed by atoms with Gasteiger partial charge in [-0.3, -0.25) is 19.2 Å². The average molecular weight is 647 g/mol. The zero-order valence-corrected chi connectivity index (χ0v) is 25.3. The molecule has 5 N–H and O–H groups in total. The SMILES string of the molecule is CC(C)(C)C(=O)OCOC(=O)C1(C=CCOC(=O)NCCCl)CS[C@@H]2C(NC(=O)C(=NO)c3csc(N)n3)C(=O)N2C1. The number of fused-ring (bicyclic) bond motifs is 1. The normalized spacial score (nSPS) is 22.1. The van der Waals surface area contributed by atoms with Crippen molar-refractivity contribution in [2.45, 2.75) is 32.2 Å². The van der Waals surface area contributed by atoms with Gasteiger partial charge in [0.25, 0.3) is 5.91 Å². The highest BCUT2D eigenvalue weighted by molar-refractivity contribution is 8.00. The molecular formula is C24H31ClN6O9S2. The van der Waals surface area contributed by atoms with Crippen molar-refractivity contribution in [3.05, 3.63) is 23.2 Å². The van der Waals surface area contributed by atoms with E-state index in [4.69, 9.17) is 31.5 Å². The number of carbonyl (C=O) groups excluding carboxylic acids is 5. The van der Waals surface area contributed by atoms with Gasteiger partial charge in [0.15, 0.2) is 10.8 Å². The largest absolute Gasteiger partial charge is 0.445 e. The summed E-state index contributed by atoms with van der Waals surface area (Å²) in [6, 6.07) is -0.963. The van der Waals surface area contributed by atoms with Crippen LogP contribution in [0.15, 0.2) is 22.7 Å². The Bertz CT molecular complexity index is 1270. The lowest BCUT2D eigenvalue weighted by atomic mass is 9.86. The minimum absolute atomic E-state index is 0.0510. The van der Waals surface area contributed by atoms with Crippen LogP contribution in [0.1, 0.15) is 26.5 Å². The molecule has 3 atom stereocenters. The van der Waals surface area contributed by atoms with Crippen molar-refractivity contribution < 1.29 is 43.4 Å². The molecule has 1 aromatic heterocycles. The van der Waals surface area contributed by atoms with Crippen LogP contribution in [-0.2, 0) is 33.4 Å². The fraction of sp³-hybridized carbons (Fsp3) is 0.542. The Morgan fingerprint density at radius 2 is 2.05 bits per heavy atom. The van der Waals surface area contributed by atoms with Crippen molar-refractivity contribution in [3.63, 3.8) is 0 Å². The lowest BCUT2D eigenvalue weighted by Gasteiger charge is -2.53. The van der Waals surface area contributed by atoms with Gasteiger partial charge in [0.2, 0.25) is 12.7 Å². The summed E-state index contributed by atoms with van der Waals surface area (Å²) in [5.41, 5.74) is 3.04. The number of β-lactam (4-membered cyclic amide) rings is 1. The number of carbonyl (C=O) groups is 5. The van der Waals surface area contributed by atoms with Crippen molar-refractivity contribution in [1.82, 2.24) is 20.5 Å². The lowest BCUT2D eigenvalue weighted by Crippen LogP contribution is -2.74. The molecule has 15 nitrogen and oxygen atoms in total. The smallest absolute Gasteiger partial charge is 0.407 e. The molecule has 1 aromatic rings. The Morgan fingerprint density at radius 3 is 2.67 bits per heavy atom. The zero-order chi connectivity index (χ0) is 31.1. The minimum atomic E-state index is -1.38. The fourth-order valence-corrected chi connectivity index (χ4v) is 5.95. The highest BCUT2D eigenvalue weighted by Crippen LogP contribution is 2.43. The Morgan fingerprint density at radius 1 is 1.31 bits per heavy atom. The van der Waals surface area contributed by atoms with Gasteiger partial charge >= 0.3 is 18.0 Å². The van der Waals surface area contributed by atoms with Crippen LogP contribution < -0.4 is 16.4 Å². The summed E-state index contributed by atoms with van der Waals surface area (Å²) in [4.78, 5) is 68.1. The molecular weight excluding hydrogens is 616 g/mol. The summed E-state index contributed by atoms with van der Waals surface area (Å²) in [5.74, 6) is -2.35. The number of rotatable bonds is 11. The number of amides is 3. The number of ether oxygens (including phenoxy) is 3.